The topological polar surface area (TPSA) is 90.2 Å². The van der Waals surface area contributed by atoms with Gasteiger partial charge in [0.15, 0.2) is 0 Å². The lowest BCUT2D eigenvalue weighted by Gasteiger charge is -2.32. The summed E-state index contributed by atoms with van der Waals surface area (Å²) in [6.07, 6.45) is 0.831. The molecule has 0 saturated carbocycles. The van der Waals surface area contributed by atoms with E-state index in [1.807, 2.05) is 19.2 Å². The number of nitrogen functional groups attached to an aromatic ring is 1. The Kier molecular flexibility index (Phi) is 3.08. The van der Waals surface area contributed by atoms with Crippen molar-refractivity contribution in [2.75, 3.05) is 24.2 Å². The van der Waals surface area contributed by atoms with Gasteiger partial charge in [-0.25, -0.2) is 0 Å². The third kappa shape index (κ3) is 2.12. The van der Waals surface area contributed by atoms with E-state index in [0.29, 0.717) is 17.1 Å². The Hall–Kier alpha value is -2.50. The van der Waals surface area contributed by atoms with Gasteiger partial charge in [0.25, 0.3) is 5.91 Å². The van der Waals surface area contributed by atoms with Gasteiger partial charge in [-0.15, -0.1) is 0 Å². The van der Waals surface area contributed by atoms with Crippen LogP contribution in [0, 0.1) is 0 Å². The Labute approximate surface area is 123 Å². The highest BCUT2D eigenvalue weighted by molar-refractivity contribution is 5.98. The molecular weight excluding hydrogens is 266 g/mol. The zero-order chi connectivity index (χ0) is 15.1. The number of aromatic nitrogens is 2. The van der Waals surface area contributed by atoms with Gasteiger partial charge in [0, 0.05) is 32.2 Å². The SMILES string of the molecule is CN1CC(c2nn(C)c(N)c2C(N)=O)Cc2ccccc21. The van der Waals surface area contributed by atoms with Crippen LogP contribution < -0.4 is 16.4 Å². The highest BCUT2D eigenvalue weighted by Gasteiger charge is 2.30. The van der Waals surface area contributed by atoms with Gasteiger partial charge in [-0.2, -0.15) is 5.10 Å². The minimum Gasteiger partial charge on any atom is -0.383 e. The van der Waals surface area contributed by atoms with Gasteiger partial charge in [0.2, 0.25) is 0 Å². The Balaban J connectivity index is 2.04. The molecule has 2 heterocycles. The molecule has 1 aromatic heterocycles. The molecule has 21 heavy (non-hydrogen) atoms. The van der Waals surface area contributed by atoms with Crippen molar-refractivity contribution in [3.05, 3.63) is 41.1 Å². The summed E-state index contributed by atoms with van der Waals surface area (Å²) in [5, 5.41) is 4.43. The van der Waals surface area contributed by atoms with Crippen LogP contribution >= 0.6 is 0 Å². The van der Waals surface area contributed by atoms with E-state index in [9.17, 15) is 4.79 Å². The second kappa shape index (κ2) is 4.80. The Bertz CT molecular complexity index is 706. The van der Waals surface area contributed by atoms with Gasteiger partial charge >= 0.3 is 0 Å². The van der Waals surface area contributed by atoms with Crippen molar-refractivity contribution in [1.82, 2.24) is 9.78 Å². The first-order valence-corrected chi connectivity index (χ1v) is 6.90. The second-order valence-corrected chi connectivity index (χ2v) is 5.54. The molecule has 6 heteroatoms. The quantitative estimate of drug-likeness (QED) is 0.857. The molecule has 1 aliphatic rings. The molecule has 1 atom stereocenters. The fourth-order valence-electron chi connectivity index (χ4n) is 3.09. The summed E-state index contributed by atoms with van der Waals surface area (Å²) in [7, 11) is 3.77. The maximum atomic E-state index is 11.7. The fraction of sp³-hybridized carbons (Fsp3) is 0.333. The average molecular weight is 285 g/mol. The first-order chi connectivity index (χ1) is 9.99. The molecule has 1 amide bonds. The molecule has 0 radical (unpaired) electrons. The number of primary amides is 1. The number of rotatable bonds is 2. The van der Waals surface area contributed by atoms with Crippen LogP contribution in [-0.4, -0.2) is 29.3 Å². The molecule has 1 aromatic carbocycles. The first kappa shape index (κ1) is 13.5. The van der Waals surface area contributed by atoms with E-state index in [1.54, 1.807) is 7.05 Å². The number of carbonyl (C=O) groups excluding carboxylic acids is 1. The number of likely N-dealkylation sites (N-methyl/N-ethyl adjacent to an activating group) is 1. The smallest absolute Gasteiger partial charge is 0.254 e. The summed E-state index contributed by atoms with van der Waals surface area (Å²) < 4.78 is 1.52. The van der Waals surface area contributed by atoms with Crippen LogP contribution in [0.5, 0.6) is 0 Å². The maximum absolute atomic E-state index is 11.7. The normalized spacial score (nSPS) is 17.6. The molecule has 0 spiro atoms. The van der Waals surface area contributed by atoms with Gasteiger partial charge in [-0.3, -0.25) is 9.48 Å². The van der Waals surface area contributed by atoms with Gasteiger partial charge in [-0.1, -0.05) is 18.2 Å². The third-order valence-corrected chi connectivity index (χ3v) is 4.12. The number of benzene rings is 1. The van der Waals surface area contributed by atoms with Crippen LogP contribution in [0.1, 0.15) is 27.5 Å². The number of aryl methyl sites for hydroxylation is 1. The lowest BCUT2D eigenvalue weighted by Crippen LogP contribution is -2.32. The van der Waals surface area contributed by atoms with Gasteiger partial charge in [0.1, 0.15) is 11.4 Å². The van der Waals surface area contributed by atoms with Crippen molar-refractivity contribution in [2.45, 2.75) is 12.3 Å². The number of hydrogen-bond acceptors (Lipinski definition) is 4. The van der Waals surface area contributed by atoms with Crippen LogP contribution in [0.15, 0.2) is 24.3 Å². The van der Waals surface area contributed by atoms with Crippen molar-refractivity contribution in [3.8, 4) is 0 Å². The van der Waals surface area contributed by atoms with E-state index in [1.165, 1.54) is 15.9 Å². The van der Waals surface area contributed by atoms with Crippen LogP contribution in [-0.2, 0) is 13.5 Å². The molecule has 1 unspecified atom stereocenters. The van der Waals surface area contributed by atoms with Crippen molar-refractivity contribution in [3.63, 3.8) is 0 Å². The minimum absolute atomic E-state index is 0.107. The molecule has 1 aliphatic heterocycles. The third-order valence-electron chi connectivity index (χ3n) is 4.12. The van der Waals surface area contributed by atoms with E-state index in [-0.39, 0.29) is 5.92 Å². The summed E-state index contributed by atoms with van der Waals surface area (Å²) in [5.41, 5.74) is 14.9. The zero-order valence-corrected chi connectivity index (χ0v) is 12.2. The predicted octanol–water partition coefficient (Wildman–Crippen LogP) is 0.877. The van der Waals surface area contributed by atoms with Crippen molar-refractivity contribution in [1.29, 1.82) is 0 Å². The predicted molar refractivity (Wildman–Crippen MR) is 82.3 cm³/mol. The van der Waals surface area contributed by atoms with Gasteiger partial charge in [0.05, 0.1) is 5.69 Å². The van der Waals surface area contributed by atoms with Crippen LogP contribution in [0.25, 0.3) is 0 Å². The lowest BCUT2D eigenvalue weighted by molar-refractivity contribution is 0.0999. The number of hydrogen-bond donors (Lipinski definition) is 2. The number of amides is 1. The number of anilines is 2. The standard InChI is InChI=1S/C15H19N5O/c1-19-8-10(7-9-5-3-4-6-11(9)19)13-12(15(17)21)14(16)20(2)18-13/h3-6,10H,7-8,16H2,1-2H3,(H2,17,21). The number of para-hydroxylation sites is 1. The molecule has 0 saturated heterocycles. The van der Waals surface area contributed by atoms with Gasteiger partial charge < -0.3 is 16.4 Å². The summed E-state index contributed by atoms with van der Waals surface area (Å²) in [4.78, 5) is 13.9. The molecule has 0 bridgehead atoms. The average Bonchev–Trinajstić information content (AvgIpc) is 2.75. The second-order valence-electron chi connectivity index (χ2n) is 5.54. The number of carbonyl (C=O) groups is 1. The van der Waals surface area contributed by atoms with Crippen LogP contribution in [0.3, 0.4) is 0 Å². The zero-order valence-electron chi connectivity index (χ0n) is 12.2. The Morgan fingerprint density at radius 1 is 1.33 bits per heavy atom. The molecule has 2 aromatic rings. The highest BCUT2D eigenvalue weighted by atomic mass is 16.1. The number of fused-ring (bicyclic) bond motifs is 1. The number of nitrogens with two attached hydrogens (primary N) is 2. The van der Waals surface area contributed by atoms with Crippen molar-refractivity contribution < 1.29 is 4.79 Å². The molecule has 110 valence electrons. The summed E-state index contributed by atoms with van der Waals surface area (Å²) >= 11 is 0. The van der Waals surface area contributed by atoms with Crippen LogP contribution in [0.2, 0.25) is 0 Å². The Morgan fingerprint density at radius 3 is 2.76 bits per heavy atom. The monoisotopic (exact) mass is 285 g/mol. The maximum Gasteiger partial charge on any atom is 0.254 e. The summed E-state index contributed by atoms with van der Waals surface area (Å²) in [5.74, 6) is -0.0768. The largest absolute Gasteiger partial charge is 0.383 e. The van der Waals surface area contributed by atoms with E-state index < -0.39 is 5.91 Å². The lowest BCUT2D eigenvalue weighted by atomic mass is 9.88. The fourth-order valence-corrected chi connectivity index (χ4v) is 3.09. The molecule has 0 fully saturated rings. The van der Waals surface area contributed by atoms with Crippen LogP contribution in [0.4, 0.5) is 11.5 Å². The Morgan fingerprint density at radius 2 is 2.05 bits per heavy atom. The number of nitrogens with zero attached hydrogens (tertiary/aromatic N) is 3. The first-order valence-electron chi connectivity index (χ1n) is 6.90. The van der Waals surface area contributed by atoms with Gasteiger partial charge in [-0.05, 0) is 18.1 Å². The molecular formula is C15H19N5O. The highest BCUT2D eigenvalue weighted by Crippen LogP contribution is 2.35. The molecule has 6 nitrogen and oxygen atoms in total. The van der Waals surface area contributed by atoms with E-state index in [4.69, 9.17) is 11.5 Å². The molecule has 0 aliphatic carbocycles. The van der Waals surface area contributed by atoms with E-state index >= 15 is 0 Å². The molecule has 3 rings (SSSR count). The minimum atomic E-state index is -0.517. The summed E-state index contributed by atoms with van der Waals surface area (Å²) in [6, 6.07) is 8.27. The van der Waals surface area contributed by atoms with Crippen molar-refractivity contribution >= 4 is 17.4 Å². The van der Waals surface area contributed by atoms with Crippen molar-refractivity contribution in [2.24, 2.45) is 12.8 Å². The van der Waals surface area contributed by atoms with E-state index in [2.05, 4.69) is 22.1 Å². The van der Waals surface area contributed by atoms with E-state index in [0.717, 1.165) is 13.0 Å². The summed E-state index contributed by atoms with van der Waals surface area (Å²) in [6.45, 7) is 0.785. The molecule has 4 N–H and O–H groups in total.